The van der Waals surface area contributed by atoms with E-state index in [0.717, 1.165) is 25.7 Å². The van der Waals surface area contributed by atoms with Gasteiger partial charge in [-0.3, -0.25) is 9.59 Å². The minimum Gasteiger partial charge on any atom is -0.392 e. The number of hydrogen-bond acceptors (Lipinski definition) is 3. The van der Waals surface area contributed by atoms with Crippen molar-refractivity contribution in [2.24, 2.45) is 29.1 Å². The van der Waals surface area contributed by atoms with E-state index in [0.29, 0.717) is 0 Å². The van der Waals surface area contributed by atoms with Crippen LogP contribution < -0.4 is 10.6 Å². The molecule has 2 aliphatic rings. The number of aliphatic hydroxyl groups excluding tert-OH is 1. The van der Waals surface area contributed by atoms with Crippen LogP contribution in [0.5, 0.6) is 0 Å². The molecule has 0 aliphatic heterocycles. The van der Waals surface area contributed by atoms with Crippen LogP contribution >= 0.6 is 0 Å². The molecule has 0 radical (unpaired) electrons. The van der Waals surface area contributed by atoms with Crippen LogP contribution in [0.1, 0.15) is 67.2 Å². The molecule has 0 heterocycles. The Morgan fingerprint density at radius 3 is 2.32 bits per heavy atom. The maximum atomic E-state index is 12.5. The second kappa shape index (κ2) is 7.65. The molecule has 3 N–H and O–H groups in total. The molecule has 0 bridgehead atoms. The van der Waals surface area contributed by atoms with Gasteiger partial charge in [-0.15, -0.1) is 0 Å². The van der Waals surface area contributed by atoms with E-state index in [1.807, 2.05) is 20.8 Å². The Labute approximate surface area is 152 Å². The molecule has 5 nitrogen and oxygen atoms in total. The maximum absolute atomic E-state index is 12.5. The zero-order valence-electron chi connectivity index (χ0n) is 16.6. The second-order valence-electron chi connectivity index (χ2n) is 9.03. The van der Waals surface area contributed by atoms with Gasteiger partial charge < -0.3 is 15.7 Å². The second-order valence-corrected chi connectivity index (χ2v) is 9.03. The molecule has 7 atom stereocenters. The van der Waals surface area contributed by atoms with Crippen molar-refractivity contribution in [2.45, 2.75) is 85.4 Å². The minimum absolute atomic E-state index is 0.00742. The van der Waals surface area contributed by atoms with Crippen LogP contribution in [-0.2, 0) is 9.59 Å². The van der Waals surface area contributed by atoms with Gasteiger partial charge in [0.05, 0.1) is 6.10 Å². The summed E-state index contributed by atoms with van der Waals surface area (Å²) in [5.74, 6) is 0.133. The molecule has 2 fully saturated rings. The standard InChI is InChI=1S/C20H36N2O3/c1-11(2)21-19(25)12(3)15-7-9-20(6)10-8-16(22-14(5)23)13(4)17(20)18(15)24/h11-13,15-18,24H,7-10H2,1-6H3,(H,21,25)(H,22,23)/t12-,13+,15+,16-,17+,18-,20-/m0/s1. The van der Waals surface area contributed by atoms with Gasteiger partial charge in [-0.25, -0.2) is 0 Å². The van der Waals surface area contributed by atoms with Gasteiger partial charge in [0.1, 0.15) is 0 Å². The van der Waals surface area contributed by atoms with E-state index in [2.05, 4.69) is 24.5 Å². The summed E-state index contributed by atoms with van der Waals surface area (Å²) in [5.41, 5.74) is 0.0958. The number of carbonyl (C=O) groups is 2. The van der Waals surface area contributed by atoms with Crippen molar-refractivity contribution < 1.29 is 14.7 Å². The van der Waals surface area contributed by atoms with Crippen molar-refractivity contribution in [3.8, 4) is 0 Å². The zero-order chi connectivity index (χ0) is 18.9. The lowest BCUT2D eigenvalue weighted by Crippen LogP contribution is -2.58. The number of carbonyl (C=O) groups excluding carboxylic acids is 2. The third kappa shape index (κ3) is 4.18. The Morgan fingerprint density at radius 2 is 1.76 bits per heavy atom. The summed E-state index contributed by atoms with van der Waals surface area (Å²) in [7, 11) is 0. The fourth-order valence-corrected chi connectivity index (χ4v) is 5.37. The normalized spacial score (nSPS) is 39.4. The fraction of sp³-hybridized carbons (Fsp3) is 0.900. The Morgan fingerprint density at radius 1 is 1.16 bits per heavy atom. The third-order valence-corrected chi connectivity index (χ3v) is 6.76. The molecule has 0 unspecified atom stereocenters. The van der Waals surface area contributed by atoms with Crippen molar-refractivity contribution in [1.29, 1.82) is 0 Å². The maximum Gasteiger partial charge on any atom is 0.223 e. The highest BCUT2D eigenvalue weighted by molar-refractivity contribution is 5.79. The summed E-state index contributed by atoms with van der Waals surface area (Å²) in [6, 6.07) is 0.225. The van der Waals surface area contributed by atoms with Crippen molar-refractivity contribution >= 4 is 11.8 Å². The van der Waals surface area contributed by atoms with E-state index in [1.165, 1.54) is 0 Å². The summed E-state index contributed by atoms with van der Waals surface area (Å²) in [6.07, 6.45) is 3.41. The van der Waals surface area contributed by atoms with Gasteiger partial charge >= 0.3 is 0 Å². The van der Waals surface area contributed by atoms with E-state index >= 15 is 0 Å². The zero-order valence-corrected chi connectivity index (χ0v) is 16.6. The molecule has 2 amide bonds. The number of aliphatic hydroxyl groups is 1. The molecule has 0 saturated heterocycles. The molecule has 144 valence electrons. The smallest absolute Gasteiger partial charge is 0.223 e. The molecular formula is C20H36N2O3. The van der Waals surface area contributed by atoms with E-state index in [4.69, 9.17) is 0 Å². The van der Waals surface area contributed by atoms with Gasteiger partial charge in [-0.2, -0.15) is 0 Å². The highest BCUT2D eigenvalue weighted by atomic mass is 16.3. The summed E-state index contributed by atoms with van der Waals surface area (Å²) < 4.78 is 0. The van der Waals surface area contributed by atoms with E-state index in [9.17, 15) is 14.7 Å². The first kappa shape index (κ1) is 20.2. The molecule has 0 aromatic rings. The molecule has 0 aromatic heterocycles. The Balaban J connectivity index is 2.17. The minimum atomic E-state index is -0.502. The summed E-state index contributed by atoms with van der Waals surface area (Å²) in [5, 5.41) is 17.3. The predicted molar refractivity (Wildman–Crippen MR) is 98.8 cm³/mol. The molecule has 5 heteroatoms. The Bertz CT molecular complexity index is 507. The first-order valence-corrected chi connectivity index (χ1v) is 9.82. The van der Waals surface area contributed by atoms with Gasteiger partial charge in [0.15, 0.2) is 0 Å². The number of nitrogens with one attached hydrogen (secondary N) is 2. The monoisotopic (exact) mass is 352 g/mol. The highest BCUT2D eigenvalue weighted by Crippen LogP contribution is 2.55. The molecular weight excluding hydrogens is 316 g/mol. The van der Waals surface area contributed by atoms with Gasteiger partial charge in [0, 0.05) is 24.9 Å². The topological polar surface area (TPSA) is 78.4 Å². The number of rotatable bonds is 4. The van der Waals surface area contributed by atoms with Crippen LogP contribution in [0.4, 0.5) is 0 Å². The molecule has 2 aliphatic carbocycles. The van der Waals surface area contributed by atoms with Crippen LogP contribution in [0.15, 0.2) is 0 Å². The number of amides is 2. The van der Waals surface area contributed by atoms with Crippen molar-refractivity contribution in [1.82, 2.24) is 10.6 Å². The first-order valence-electron chi connectivity index (χ1n) is 9.82. The largest absolute Gasteiger partial charge is 0.392 e. The Kier molecular flexibility index (Phi) is 6.18. The number of hydrogen-bond donors (Lipinski definition) is 3. The van der Waals surface area contributed by atoms with Crippen LogP contribution in [-0.4, -0.2) is 35.1 Å². The lowest BCUT2D eigenvalue weighted by molar-refractivity contribution is -0.143. The molecule has 2 saturated carbocycles. The third-order valence-electron chi connectivity index (χ3n) is 6.76. The van der Waals surface area contributed by atoms with E-state index in [-0.39, 0.29) is 53.0 Å². The summed E-state index contributed by atoms with van der Waals surface area (Å²) >= 11 is 0. The average molecular weight is 353 g/mol. The summed E-state index contributed by atoms with van der Waals surface area (Å²) in [6.45, 7) is 11.8. The molecule has 25 heavy (non-hydrogen) atoms. The van der Waals surface area contributed by atoms with E-state index < -0.39 is 6.10 Å². The van der Waals surface area contributed by atoms with Crippen molar-refractivity contribution in [2.75, 3.05) is 0 Å². The first-order chi connectivity index (χ1) is 11.6. The van der Waals surface area contributed by atoms with Gasteiger partial charge in [0.25, 0.3) is 0 Å². The lowest BCUT2D eigenvalue weighted by atomic mass is 9.51. The van der Waals surface area contributed by atoms with Gasteiger partial charge in [0.2, 0.25) is 11.8 Å². The van der Waals surface area contributed by atoms with Crippen LogP contribution in [0.25, 0.3) is 0 Å². The fourth-order valence-electron chi connectivity index (χ4n) is 5.37. The summed E-state index contributed by atoms with van der Waals surface area (Å²) in [4.78, 5) is 24.0. The van der Waals surface area contributed by atoms with Crippen LogP contribution in [0.3, 0.4) is 0 Å². The predicted octanol–water partition coefficient (Wildman–Crippen LogP) is 2.48. The highest BCUT2D eigenvalue weighted by Gasteiger charge is 2.53. The lowest BCUT2D eigenvalue weighted by Gasteiger charge is -2.56. The molecule has 2 rings (SSSR count). The van der Waals surface area contributed by atoms with Crippen molar-refractivity contribution in [3.63, 3.8) is 0 Å². The van der Waals surface area contributed by atoms with E-state index in [1.54, 1.807) is 6.92 Å². The van der Waals surface area contributed by atoms with Gasteiger partial charge in [-0.1, -0.05) is 20.8 Å². The number of fused-ring (bicyclic) bond motifs is 1. The SMILES string of the molecule is CC(=O)N[C@H]1CC[C@]2(C)CC[C@H]([C@H](C)C(=O)NC(C)C)[C@H](O)[C@H]2[C@@H]1C. The van der Waals surface area contributed by atoms with Crippen LogP contribution in [0.2, 0.25) is 0 Å². The van der Waals surface area contributed by atoms with Crippen LogP contribution in [0, 0.1) is 29.1 Å². The average Bonchev–Trinajstić information content (AvgIpc) is 2.49. The molecule has 0 aromatic carbocycles. The molecule has 0 spiro atoms. The van der Waals surface area contributed by atoms with Crippen molar-refractivity contribution in [3.05, 3.63) is 0 Å². The van der Waals surface area contributed by atoms with Gasteiger partial charge in [-0.05, 0) is 62.7 Å². The quantitative estimate of drug-likeness (QED) is 0.727. The Hall–Kier alpha value is -1.10.